The summed E-state index contributed by atoms with van der Waals surface area (Å²) in [4.78, 5) is 12.0. The van der Waals surface area contributed by atoms with Gasteiger partial charge in [0.25, 0.3) is 5.91 Å². The van der Waals surface area contributed by atoms with E-state index < -0.39 is 0 Å². The van der Waals surface area contributed by atoms with Gasteiger partial charge in [0.05, 0.1) is 6.04 Å². The molecule has 1 atom stereocenters. The van der Waals surface area contributed by atoms with Crippen molar-refractivity contribution in [1.82, 2.24) is 5.32 Å². The molecular weight excluding hydrogens is 286 g/mol. The highest BCUT2D eigenvalue weighted by atomic mass is 16.5. The lowest BCUT2D eigenvalue weighted by Crippen LogP contribution is -2.31. The van der Waals surface area contributed by atoms with Crippen LogP contribution in [0, 0.1) is 0 Å². The molecule has 0 saturated carbocycles. The summed E-state index contributed by atoms with van der Waals surface area (Å²) in [7, 11) is 0. The fourth-order valence-electron chi connectivity index (χ4n) is 2.51. The van der Waals surface area contributed by atoms with Gasteiger partial charge in [-0.15, -0.1) is 0 Å². The van der Waals surface area contributed by atoms with Crippen molar-refractivity contribution in [1.29, 1.82) is 0 Å². The largest absolute Gasteiger partial charge is 0.484 e. The molecule has 1 N–H and O–H groups in total. The van der Waals surface area contributed by atoms with Crippen molar-refractivity contribution >= 4 is 16.7 Å². The first-order valence-electron chi connectivity index (χ1n) is 7.68. The van der Waals surface area contributed by atoms with Crippen LogP contribution in [0.1, 0.15) is 18.5 Å². The Balaban J connectivity index is 1.57. The van der Waals surface area contributed by atoms with Crippen LogP contribution in [0.5, 0.6) is 5.75 Å². The van der Waals surface area contributed by atoms with Gasteiger partial charge in [-0.3, -0.25) is 4.79 Å². The van der Waals surface area contributed by atoms with Crippen molar-refractivity contribution in [3.05, 3.63) is 78.4 Å². The van der Waals surface area contributed by atoms with E-state index >= 15 is 0 Å². The lowest BCUT2D eigenvalue weighted by molar-refractivity contribution is -0.123. The molecule has 116 valence electrons. The third kappa shape index (κ3) is 3.89. The first kappa shape index (κ1) is 15.1. The monoisotopic (exact) mass is 305 g/mol. The summed E-state index contributed by atoms with van der Waals surface area (Å²) < 4.78 is 5.60. The standard InChI is InChI=1S/C20H19NO2/c1-15(16-7-3-2-4-8-16)21-20(22)14-23-19-12-11-17-9-5-6-10-18(17)13-19/h2-13,15H,14H2,1H3,(H,21,22)/t15-/m0/s1. The van der Waals surface area contributed by atoms with Crippen LogP contribution in [0.15, 0.2) is 72.8 Å². The Kier molecular flexibility index (Phi) is 4.57. The van der Waals surface area contributed by atoms with Crippen LogP contribution in [0.25, 0.3) is 10.8 Å². The molecule has 3 rings (SSSR count). The summed E-state index contributed by atoms with van der Waals surface area (Å²) in [5.74, 6) is 0.570. The Labute approximate surface area is 135 Å². The van der Waals surface area contributed by atoms with Crippen LogP contribution in [0.3, 0.4) is 0 Å². The van der Waals surface area contributed by atoms with Crippen LogP contribution in [0.2, 0.25) is 0 Å². The highest BCUT2D eigenvalue weighted by Crippen LogP contribution is 2.20. The number of carbonyl (C=O) groups excluding carboxylic acids is 1. The predicted molar refractivity (Wildman–Crippen MR) is 92.4 cm³/mol. The minimum Gasteiger partial charge on any atom is -0.484 e. The Morgan fingerprint density at radius 2 is 1.65 bits per heavy atom. The molecule has 0 aliphatic heterocycles. The summed E-state index contributed by atoms with van der Waals surface area (Å²) in [5, 5.41) is 5.19. The third-order valence-electron chi connectivity index (χ3n) is 3.77. The van der Waals surface area contributed by atoms with Crippen LogP contribution in [-0.4, -0.2) is 12.5 Å². The highest BCUT2D eigenvalue weighted by molar-refractivity contribution is 5.84. The SMILES string of the molecule is C[C@H](NC(=O)COc1ccc2ccccc2c1)c1ccccc1. The van der Waals surface area contributed by atoms with E-state index in [9.17, 15) is 4.79 Å². The lowest BCUT2D eigenvalue weighted by Gasteiger charge is -2.14. The van der Waals surface area contributed by atoms with Crippen LogP contribution < -0.4 is 10.1 Å². The van der Waals surface area contributed by atoms with Gasteiger partial charge in [0.1, 0.15) is 5.75 Å². The van der Waals surface area contributed by atoms with Crippen LogP contribution >= 0.6 is 0 Å². The van der Waals surface area contributed by atoms with Gasteiger partial charge >= 0.3 is 0 Å². The van der Waals surface area contributed by atoms with Gasteiger partial charge in [-0.25, -0.2) is 0 Å². The van der Waals surface area contributed by atoms with Crippen LogP contribution in [0.4, 0.5) is 0 Å². The maximum absolute atomic E-state index is 12.0. The van der Waals surface area contributed by atoms with Gasteiger partial charge in [-0.05, 0) is 35.4 Å². The number of hydrogen-bond acceptors (Lipinski definition) is 2. The molecule has 0 bridgehead atoms. The fraction of sp³-hybridized carbons (Fsp3) is 0.150. The number of benzene rings is 3. The topological polar surface area (TPSA) is 38.3 Å². The van der Waals surface area contributed by atoms with E-state index in [-0.39, 0.29) is 18.6 Å². The highest BCUT2D eigenvalue weighted by Gasteiger charge is 2.09. The van der Waals surface area contributed by atoms with Gasteiger partial charge in [-0.2, -0.15) is 0 Å². The number of ether oxygens (including phenoxy) is 1. The molecule has 0 aliphatic carbocycles. The molecule has 3 aromatic rings. The van der Waals surface area contributed by atoms with Gasteiger partial charge in [-0.1, -0.05) is 60.7 Å². The van der Waals surface area contributed by atoms with E-state index in [1.54, 1.807) is 0 Å². The first-order valence-corrected chi connectivity index (χ1v) is 7.68. The third-order valence-corrected chi connectivity index (χ3v) is 3.77. The van der Waals surface area contributed by atoms with Gasteiger partial charge in [0.2, 0.25) is 0 Å². The number of carbonyl (C=O) groups is 1. The molecular formula is C20H19NO2. The summed E-state index contributed by atoms with van der Waals surface area (Å²) in [6.07, 6.45) is 0. The zero-order valence-corrected chi connectivity index (χ0v) is 13.0. The Morgan fingerprint density at radius 1 is 0.957 bits per heavy atom. The second-order valence-corrected chi connectivity index (χ2v) is 5.50. The van der Waals surface area contributed by atoms with E-state index in [4.69, 9.17) is 4.74 Å². The number of rotatable bonds is 5. The molecule has 0 aliphatic rings. The Bertz CT molecular complexity index is 799. The molecule has 0 unspecified atom stereocenters. The quantitative estimate of drug-likeness (QED) is 0.771. The maximum Gasteiger partial charge on any atom is 0.258 e. The van der Waals surface area contributed by atoms with Gasteiger partial charge < -0.3 is 10.1 Å². The molecule has 0 heterocycles. The smallest absolute Gasteiger partial charge is 0.258 e. The maximum atomic E-state index is 12.0. The number of nitrogens with one attached hydrogen (secondary N) is 1. The number of hydrogen-bond donors (Lipinski definition) is 1. The zero-order valence-electron chi connectivity index (χ0n) is 13.0. The van der Waals surface area contributed by atoms with Crippen molar-refractivity contribution in [2.24, 2.45) is 0 Å². The predicted octanol–water partition coefficient (Wildman–Crippen LogP) is 4.10. The fourth-order valence-corrected chi connectivity index (χ4v) is 2.51. The van der Waals surface area contributed by atoms with E-state index in [0.29, 0.717) is 5.75 Å². The van der Waals surface area contributed by atoms with Crippen molar-refractivity contribution in [3.8, 4) is 5.75 Å². The second-order valence-electron chi connectivity index (χ2n) is 5.50. The van der Waals surface area contributed by atoms with Gasteiger partial charge in [0, 0.05) is 0 Å². The molecule has 3 nitrogen and oxygen atoms in total. The van der Waals surface area contributed by atoms with E-state index in [1.165, 1.54) is 0 Å². The first-order chi connectivity index (χ1) is 11.2. The normalized spacial score (nSPS) is 11.9. The molecule has 23 heavy (non-hydrogen) atoms. The van der Waals surface area contributed by atoms with E-state index in [1.807, 2.05) is 79.7 Å². The van der Waals surface area contributed by atoms with E-state index in [2.05, 4.69) is 5.32 Å². The molecule has 0 fully saturated rings. The second kappa shape index (κ2) is 6.97. The van der Waals surface area contributed by atoms with Gasteiger partial charge in [0.15, 0.2) is 6.61 Å². The van der Waals surface area contributed by atoms with Crippen molar-refractivity contribution in [3.63, 3.8) is 0 Å². The minimum absolute atomic E-state index is 0.00944. The van der Waals surface area contributed by atoms with E-state index in [0.717, 1.165) is 16.3 Å². The lowest BCUT2D eigenvalue weighted by atomic mass is 10.1. The average molecular weight is 305 g/mol. The number of fused-ring (bicyclic) bond motifs is 1. The Morgan fingerprint density at radius 3 is 2.43 bits per heavy atom. The summed E-state index contributed by atoms with van der Waals surface area (Å²) in [6.45, 7) is 1.97. The summed E-state index contributed by atoms with van der Waals surface area (Å²) in [5.41, 5.74) is 1.08. The minimum atomic E-state index is -0.130. The van der Waals surface area contributed by atoms with Crippen molar-refractivity contribution in [2.45, 2.75) is 13.0 Å². The average Bonchev–Trinajstić information content (AvgIpc) is 2.60. The molecule has 0 saturated heterocycles. The number of amides is 1. The molecule has 3 heteroatoms. The van der Waals surface area contributed by atoms with Crippen molar-refractivity contribution < 1.29 is 9.53 Å². The molecule has 0 spiro atoms. The summed E-state index contributed by atoms with van der Waals surface area (Å²) >= 11 is 0. The van der Waals surface area contributed by atoms with Crippen LogP contribution in [-0.2, 0) is 4.79 Å². The zero-order chi connectivity index (χ0) is 16.1. The van der Waals surface area contributed by atoms with Crippen molar-refractivity contribution in [2.75, 3.05) is 6.61 Å². The Hall–Kier alpha value is -2.81. The molecule has 3 aromatic carbocycles. The summed E-state index contributed by atoms with van der Waals surface area (Å²) in [6, 6.07) is 23.7. The molecule has 0 radical (unpaired) electrons. The molecule has 1 amide bonds. The molecule has 0 aromatic heterocycles.